The van der Waals surface area contributed by atoms with Crippen molar-refractivity contribution in [2.24, 2.45) is 0 Å². The molecule has 0 aliphatic heterocycles. The Morgan fingerprint density at radius 2 is 1.62 bits per heavy atom. The number of ether oxygens (including phenoxy) is 1. The van der Waals surface area contributed by atoms with Crippen LogP contribution in [0.5, 0.6) is 5.75 Å². The van der Waals surface area contributed by atoms with Gasteiger partial charge in [-0.15, -0.1) is 13.2 Å². The van der Waals surface area contributed by atoms with Crippen LogP contribution in [0.2, 0.25) is 0 Å². The molecular weight excluding hydrogens is 469 g/mol. The predicted octanol–water partition coefficient (Wildman–Crippen LogP) is 5.31. The van der Waals surface area contributed by atoms with Crippen LogP contribution in [0.4, 0.5) is 30.7 Å². The first-order valence-electron chi connectivity index (χ1n) is 8.60. The fraction of sp³-hybridized carbons (Fsp3) is 0.211. The molecule has 172 valence electrons. The third-order valence-corrected chi connectivity index (χ3v) is 5.40. The van der Waals surface area contributed by atoms with Crippen LogP contribution in [0.3, 0.4) is 0 Å². The SMILES string of the molecule is Cc1ccc(-c2cc(C(F)(F)F)nn2-c2ccc(S(C)(=O)=O)c(F)c2)cc1OC(F)(F)F. The monoisotopic (exact) mass is 482 g/mol. The van der Waals surface area contributed by atoms with Crippen molar-refractivity contribution in [1.29, 1.82) is 0 Å². The van der Waals surface area contributed by atoms with E-state index in [1.807, 2.05) is 0 Å². The number of hydrogen-bond acceptors (Lipinski definition) is 4. The summed E-state index contributed by atoms with van der Waals surface area (Å²) in [7, 11) is -3.95. The van der Waals surface area contributed by atoms with Gasteiger partial charge in [-0.1, -0.05) is 12.1 Å². The van der Waals surface area contributed by atoms with Crippen molar-refractivity contribution in [3.63, 3.8) is 0 Å². The highest BCUT2D eigenvalue weighted by Crippen LogP contribution is 2.36. The molecule has 3 rings (SSSR count). The van der Waals surface area contributed by atoms with Gasteiger partial charge in [-0.3, -0.25) is 0 Å². The smallest absolute Gasteiger partial charge is 0.405 e. The van der Waals surface area contributed by atoms with Gasteiger partial charge in [0, 0.05) is 17.9 Å². The lowest BCUT2D eigenvalue weighted by atomic mass is 10.1. The molecule has 0 N–H and O–H groups in total. The normalized spacial score (nSPS) is 12.8. The van der Waals surface area contributed by atoms with Gasteiger partial charge in [-0.2, -0.15) is 18.3 Å². The Bertz CT molecular complexity index is 1280. The lowest BCUT2D eigenvalue weighted by Crippen LogP contribution is -2.17. The molecule has 1 heterocycles. The number of hydrogen-bond donors (Lipinski definition) is 0. The van der Waals surface area contributed by atoms with Crippen LogP contribution in [0.25, 0.3) is 16.9 Å². The zero-order valence-electron chi connectivity index (χ0n) is 16.2. The van der Waals surface area contributed by atoms with Crippen LogP contribution in [-0.2, 0) is 16.0 Å². The lowest BCUT2D eigenvalue weighted by Gasteiger charge is -2.14. The average molecular weight is 482 g/mol. The molecule has 0 aliphatic rings. The molecule has 32 heavy (non-hydrogen) atoms. The first-order chi connectivity index (χ1) is 14.6. The van der Waals surface area contributed by atoms with E-state index in [1.54, 1.807) is 0 Å². The zero-order chi connectivity index (χ0) is 24.1. The van der Waals surface area contributed by atoms with Gasteiger partial charge in [0.15, 0.2) is 15.5 Å². The minimum absolute atomic E-state index is 0.0664. The van der Waals surface area contributed by atoms with Gasteiger partial charge in [0.05, 0.1) is 11.4 Å². The molecule has 0 amide bonds. The maximum absolute atomic E-state index is 14.3. The minimum Gasteiger partial charge on any atom is -0.405 e. The van der Waals surface area contributed by atoms with Gasteiger partial charge in [0.2, 0.25) is 0 Å². The van der Waals surface area contributed by atoms with Crippen molar-refractivity contribution in [2.75, 3.05) is 6.26 Å². The molecule has 13 heteroatoms. The largest absolute Gasteiger partial charge is 0.573 e. The van der Waals surface area contributed by atoms with Crippen molar-refractivity contribution >= 4 is 9.84 Å². The minimum atomic E-state index is -5.04. The molecule has 0 fully saturated rings. The standard InChI is InChI=1S/C19H13F7N2O3S/c1-10-3-4-11(7-15(10)31-19(24,25)26)14-9-17(18(21,22)23)27-28(14)12-5-6-16(13(20)8-12)32(2,29)30/h3-9H,1-2H3. The highest BCUT2D eigenvalue weighted by molar-refractivity contribution is 7.90. The molecule has 0 spiro atoms. The maximum atomic E-state index is 14.3. The average Bonchev–Trinajstić information content (AvgIpc) is 3.07. The molecule has 0 radical (unpaired) electrons. The van der Waals surface area contributed by atoms with E-state index in [-0.39, 0.29) is 22.5 Å². The Morgan fingerprint density at radius 3 is 2.16 bits per heavy atom. The summed E-state index contributed by atoms with van der Waals surface area (Å²) in [5.74, 6) is -1.88. The Labute approximate surface area is 177 Å². The van der Waals surface area contributed by atoms with Crippen molar-refractivity contribution < 1.29 is 43.9 Å². The van der Waals surface area contributed by atoms with Crippen molar-refractivity contribution in [2.45, 2.75) is 24.4 Å². The molecule has 0 bridgehead atoms. The Kier molecular flexibility index (Phi) is 5.74. The van der Waals surface area contributed by atoms with Gasteiger partial charge < -0.3 is 4.74 Å². The molecule has 0 aliphatic carbocycles. The first kappa shape index (κ1) is 23.6. The van der Waals surface area contributed by atoms with E-state index in [1.165, 1.54) is 19.1 Å². The molecular formula is C19H13F7N2O3S. The van der Waals surface area contributed by atoms with Crippen LogP contribution >= 0.6 is 0 Å². The van der Waals surface area contributed by atoms with Gasteiger partial charge >= 0.3 is 12.5 Å². The number of alkyl halides is 6. The Balaban J connectivity index is 2.21. The second-order valence-corrected chi connectivity index (χ2v) is 8.72. The number of benzene rings is 2. The van der Waals surface area contributed by atoms with E-state index < -0.39 is 44.5 Å². The van der Waals surface area contributed by atoms with Crippen LogP contribution in [-0.4, -0.2) is 30.8 Å². The second kappa shape index (κ2) is 7.80. The maximum Gasteiger partial charge on any atom is 0.573 e. The molecule has 1 aromatic heterocycles. The summed E-state index contributed by atoms with van der Waals surface area (Å²) >= 11 is 0. The summed E-state index contributed by atoms with van der Waals surface area (Å²) in [6.45, 7) is 1.31. The second-order valence-electron chi connectivity index (χ2n) is 6.74. The number of halogens is 7. The molecule has 2 aromatic carbocycles. The van der Waals surface area contributed by atoms with E-state index in [0.717, 1.165) is 24.5 Å². The summed E-state index contributed by atoms with van der Waals surface area (Å²) in [6, 6.07) is 6.43. The summed E-state index contributed by atoms with van der Waals surface area (Å²) in [5, 5.41) is 3.40. The molecule has 0 atom stereocenters. The Morgan fingerprint density at radius 1 is 0.969 bits per heavy atom. The number of aromatic nitrogens is 2. The summed E-state index contributed by atoms with van der Waals surface area (Å²) in [4.78, 5) is -0.679. The summed E-state index contributed by atoms with van der Waals surface area (Å²) < 4.78 is 120. The van der Waals surface area contributed by atoms with E-state index >= 15 is 0 Å². The topological polar surface area (TPSA) is 61.2 Å². The summed E-state index contributed by atoms with van der Waals surface area (Å²) in [5.41, 5.74) is -2.06. The zero-order valence-corrected chi connectivity index (χ0v) is 17.0. The third kappa shape index (κ3) is 5.03. The predicted molar refractivity (Wildman–Crippen MR) is 98.5 cm³/mol. The fourth-order valence-corrected chi connectivity index (χ4v) is 3.57. The first-order valence-corrected chi connectivity index (χ1v) is 10.5. The number of nitrogens with zero attached hydrogens (tertiary/aromatic N) is 2. The van der Waals surface area contributed by atoms with Crippen LogP contribution in [0.15, 0.2) is 47.4 Å². The van der Waals surface area contributed by atoms with Gasteiger partial charge in [-0.25, -0.2) is 17.5 Å². The molecule has 3 aromatic rings. The van der Waals surface area contributed by atoms with E-state index in [4.69, 9.17) is 0 Å². The molecule has 0 saturated heterocycles. The molecule has 5 nitrogen and oxygen atoms in total. The van der Waals surface area contributed by atoms with Crippen molar-refractivity contribution in [3.8, 4) is 22.7 Å². The number of aryl methyl sites for hydroxylation is 1. The van der Waals surface area contributed by atoms with Gasteiger partial charge in [-0.05, 0) is 36.8 Å². The van der Waals surface area contributed by atoms with Crippen LogP contribution < -0.4 is 4.74 Å². The Hall–Kier alpha value is -3.09. The quantitative estimate of drug-likeness (QED) is 0.473. The lowest BCUT2D eigenvalue weighted by molar-refractivity contribution is -0.274. The third-order valence-electron chi connectivity index (χ3n) is 4.27. The van der Waals surface area contributed by atoms with E-state index in [2.05, 4.69) is 9.84 Å². The van der Waals surface area contributed by atoms with Gasteiger partial charge in [0.1, 0.15) is 16.5 Å². The van der Waals surface area contributed by atoms with Crippen molar-refractivity contribution in [1.82, 2.24) is 9.78 Å². The molecule has 0 saturated carbocycles. The highest BCUT2D eigenvalue weighted by atomic mass is 32.2. The number of sulfone groups is 1. The summed E-state index contributed by atoms with van der Waals surface area (Å²) in [6.07, 6.45) is -9.20. The number of rotatable bonds is 4. The highest BCUT2D eigenvalue weighted by Gasteiger charge is 2.36. The molecule has 0 unspecified atom stereocenters. The van der Waals surface area contributed by atoms with Gasteiger partial charge in [0.25, 0.3) is 0 Å². The fourth-order valence-electron chi connectivity index (χ4n) is 2.84. The van der Waals surface area contributed by atoms with E-state index in [9.17, 15) is 39.2 Å². The van der Waals surface area contributed by atoms with Crippen LogP contribution in [0, 0.1) is 12.7 Å². The van der Waals surface area contributed by atoms with E-state index in [0.29, 0.717) is 16.8 Å². The van der Waals surface area contributed by atoms with Crippen molar-refractivity contribution in [3.05, 3.63) is 59.5 Å². The van der Waals surface area contributed by atoms with Crippen LogP contribution in [0.1, 0.15) is 11.3 Å².